The number of furan rings is 1. The molecule has 0 aliphatic rings. The fourth-order valence-electron chi connectivity index (χ4n) is 1.86. The molecule has 1 aromatic carbocycles. The molecule has 17 heavy (non-hydrogen) atoms. The van der Waals surface area contributed by atoms with Crippen molar-refractivity contribution in [3.05, 3.63) is 36.3 Å². The first-order chi connectivity index (χ1) is 8.28. The van der Waals surface area contributed by atoms with Gasteiger partial charge in [-0.2, -0.15) is 0 Å². The van der Waals surface area contributed by atoms with Crippen molar-refractivity contribution in [2.45, 2.75) is 13.3 Å². The second-order valence-electron chi connectivity index (χ2n) is 3.86. The molecular formula is C13H12N2O2. The van der Waals surface area contributed by atoms with Gasteiger partial charge >= 0.3 is 0 Å². The molecule has 0 spiro atoms. The molecule has 0 atom stereocenters. The van der Waals surface area contributed by atoms with Crippen LogP contribution in [-0.2, 0) is 6.42 Å². The highest BCUT2D eigenvalue weighted by atomic mass is 16.4. The number of nitrogens with two attached hydrogens (primary N) is 1. The van der Waals surface area contributed by atoms with Gasteiger partial charge in [-0.15, -0.1) is 0 Å². The highest BCUT2D eigenvalue weighted by molar-refractivity contribution is 5.79. The lowest BCUT2D eigenvalue weighted by Crippen LogP contribution is -1.81. The summed E-state index contributed by atoms with van der Waals surface area (Å²) in [5, 5.41) is 0. The van der Waals surface area contributed by atoms with Crippen molar-refractivity contribution in [3.8, 4) is 11.5 Å². The van der Waals surface area contributed by atoms with Crippen LogP contribution >= 0.6 is 0 Å². The van der Waals surface area contributed by atoms with Crippen LogP contribution < -0.4 is 5.73 Å². The van der Waals surface area contributed by atoms with Crippen LogP contribution in [0.2, 0.25) is 0 Å². The summed E-state index contributed by atoms with van der Waals surface area (Å²) in [7, 11) is 0. The van der Waals surface area contributed by atoms with Crippen molar-refractivity contribution in [1.82, 2.24) is 4.98 Å². The average molecular weight is 228 g/mol. The lowest BCUT2D eigenvalue weighted by molar-refractivity contribution is 0.514. The molecule has 0 saturated heterocycles. The number of rotatable bonds is 2. The predicted octanol–water partition coefficient (Wildman–Crippen LogP) is 3.23. The van der Waals surface area contributed by atoms with Gasteiger partial charge in [0.1, 0.15) is 11.3 Å². The minimum atomic E-state index is 0.580. The van der Waals surface area contributed by atoms with Gasteiger partial charge in [-0.1, -0.05) is 6.92 Å². The maximum atomic E-state index is 5.70. The van der Waals surface area contributed by atoms with E-state index in [1.165, 1.54) is 0 Å². The van der Waals surface area contributed by atoms with Crippen molar-refractivity contribution < 1.29 is 8.83 Å². The summed E-state index contributed by atoms with van der Waals surface area (Å²) in [5.74, 6) is 1.46. The van der Waals surface area contributed by atoms with Crippen molar-refractivity contribution in [2.24, 2.45) is 0 Å². The third kappa shape index (κ3) is 1.58. The van der Waals surface area contributed by atoms with Gasteiger partial charge in [-0.05, 0) is 18.2 Å². The quantitative estimate of drug-likeness (QED) is 0.684. The molecule has 4 heteroatoms. The van der Waals surface area contributed by atoms with E-state index >= 15 is 0 Å². The molecule has 0 bridgehead atoms. The standard InChI is InChI=1S/C13H12N2O2/c1-2-11-9(5-6-16-11)13-15-10-4-3-8(14)7-12(10)17-13/h3-7H,2,14H2,1H3. The minimum absolute atomic E-state index is 0.580. The Morgan fingerprint density at radius 3 is 3.00 bits per heavy atom. The zero-order chi connectivity index (χ0) is 11.8. The maximum absolute atomic E-state index is 5.70. The molecule has 4 nitrogen and oxygen atoms in total. The molecular weight excluding hydrogens is 216 g/mol. The lowest BCUT2D eigenvalue weighted by Gasteiger charge is -1.93. The largest absolute Gasteiger partial charge is 0.469 e. The number of nitrogen functional groups attached to an aromatic ring is 1. The zero-order valence-corrected chi connectivity index (χ0v) is 9.43. The fraction of sp³-hybridized carbons (Fsp3) is 0.154. The summed E-state index contributed by atoms with van der Waals surface area (Å²) < 4.78 is 11.0. The summed E-state index contributed by atoms with van der Waals surface area (Å²) in [5.41, 5.74) is 8.78. The third-order valence-electron chi connectivity index (χ3n) is 2.71. The number of hydrogen-bond donors (Lipinski definition) is 1. The van der Waals surface area contributed by atoms with Crippen LogP contribution in [0.4, 0.5) is 5.69 Å². The second-order valence-corrected chi connectivity index (χ2v) is 3.86. The molecule has 3 aromatic rings. The molecule has 2 heterocycles. The number of aromatic nitrogens is 1. The van der Waals surface area contributed by atoms with Gasteiger partial charge in [0.25, 0.3) is 0 Å². The van der Waals surface area contributed by atoms with E-state index in [1.54, 1.807) is 12.3 Å². The van der Waals surface area contributed by atoms with Crippen LogP contribution in [-0.4, -0.2) is 4.98 Å². The second kappa shape index (κ2) is 3.66. The van der Waals surface area contributed by atoms with Crippen LogP contribution in [0.1, 0.15) is 12.7 Å². The highest BCUT2D eigenvalue weighted by Gasteiger charge is 2.13. The average Bonchev–Trinajstić information content (AvgIpc) is 2.93. The molecule has 2 N–H and O–H groups in total. The first-order valence-corrected chi connectivity index (χ1v) is 5.50. The number of aryl methyl sites for hydroxylation is 1. The molecule has 0 amide bonds. The Morgan fingerprint density at radius 2 is 2.18 bits per heavy atom. The summed E-state index contributed by atoms with van der Waals surface area (Å²) in [4.78, 5) is 4.42. The van der Waals surface area contributed by atoms with Crippen molar-refractivity contribution >= 4 is 16.8 Å². The predicted molar refractivity (Wildman–Crippen MR) is 65.5 cm³/mol. The molecule has 0 radical (unpaired) electrons. The summed E-state index contributed by atoms with van der Waals surface area (Å²) in [6.45, 7) is 2.03. The number of nitrogens with zero attached hydrogens (tertiary/aromatic N) is 1. The maximum Gasteiger partial charge on any atom is 0.230 e. The highest BCUT2D eigenvalue weighted by Crippen LogP contribution is 2.28. The Hall–Kier alpha value is -2.23. The molecule has 86 valence electrons. The number of fused-ring (bicyclic) bond motifs is 1. The smallest absolute Gasteiger partial charge is 0.230 e. The van der Waals surface area contributed by atoms with Gasteiger partial charge < -0.3 is 14.6 Å². The van der Waals surface area contributed by atoms with E-state index in [4.69, 9.17) is 14.6 Å². The van der Waals surface area contributed by atoms with E-state index in [0.717, 1.165) is 23.3 Å². The molecule has 0 fully saturated rings. The Kier molecular flexibility index (Phi) is 2.14. The van der Waals surface area contributed by atoms with Crippen LogP contribution in [0.25, 0.3) is 22.6 Å². The summed E-state index contributed by atoms with van der Waals surface area (Å²) in [6.07, 6.45) is 2.46. The minimum Gasteiger partial charge on any atom is -0.469 e. The molecule has 0 aliphatic carbocycles. The van der Waals surface area contributed by atoms with Crippen LogP contribution in [0, 0.1) is 0 Å². The van der Waals surface area contributed by atoms with Gasteiger partial charge in [0, 0.05) is 18.2 Å². The number of hydrogen-bond acceptors (Lipinski definition) is 4. The van der Waals surface area contributed by atoms with Crippen LogP contribution in [0.15, 0.2) is 39.4 Å². The molecule has 0 unspecified atom stereocenters. The van der Waals surface area contributed by atoms with Crippen LogP contribution in [0.3, 0.4) is 0 Å². The first kappa shape index (κ1) is 9.96. The van der Waals surface area contributed by atoms with Crippen molar-refractivity contribution in [1.29, 1.82) is 0 Å². The Labute approximate surface area is 98.0 Å². The molecule has 3 rings (SSSR count). The fourth-order valence-corrected chi connectivity index (χ4v) is 1.86. The van der Waals surface area contributed by atoms with E-state index in [1.807, 2.05) is 25.1 Å². The molecule has 0 saturated carbocycles. The van der Waals surface area contributed by atoms with Gasteiger partial charge in [-0.25, -0.2) is 4.98 Å². The van der Waals surface area contributed by atoms with Gasteiger partial charge in [0.05, 0.1) is 11.8 Å². The lowest BCUT2D eigenvalue weighted by atomic mass is 10.2. The van der Waals surface area contributed by atoms with Crippen molar-refractivity contribution in [2.75, 3.05) is 5.73 Å². The summed E-state index contributed by atoms with van der Waals surface area (Å²) in [6, 6.07) is 7.30. The topological polar surface area (TPSA) is 65.2 Å². The molecule has 0 aliphatic heterocycles. The Bertz CT molecular complexity index is 667. The third-order valence-corrected chi connectivity index (χ3v) is 2.71. The van der Waals surface area contributed by atoms with Gasteiger partial charge in [-0.3, -0.25) is 0 Å². The molecule has 2 aromatic heterocycles. The number of anilines is 1. The first-order valence-electron chi connectivity index (χ1n) is 5.50. The number of oxazole rings is 1. The van der Waals surface area contributed by atoms with Gasteiger partial charge in [0.15, 0.2) is 5.58 Å². The monoisotopic (exact) mass is 228 g/mol. The number of benzene rings is 1. The van der Waals surface area contributed by atoms with Crippen LogP contribution in [0.5, 0.6) is 0 Å². The van der Waals surface area contributed by atoms with E-state index in [9.17, 15) is 0 Å². The van der Waals surface area contributed by atoms with E-state index in [-0.39, 0.29) is 0 Å². The van der Waals surface area contributed by atoms with E-state index in [0.29, 0.717) is 17.2 Å². The van der Waals surface area contributed by atoms with E-state index in [2.05, 4.69) is 4.98 Å². The van der Waals surface area contributed by atoms with Crippen molar-refractivity contribution in [3.63, 3.8) is 0 Å². The van der Waals surface area contributed by atoms with Gasteiger partial charge in [0.2, 0.25) is 5.89 Å². The Morgan fingerprint density at radius 1 is 1.29 bits per heavy atom. The SMILES string of the molecule is CCc1occc1-c1nc2ccc(N)cc2o1. The van der Waals surface area contributed by atoms with E-state index < -0.39 is 0 Å². The Balaban J connectivity index is 2.18. The normalized spacial score (nSPS) is 11.1. The summed E-state index contributed by atoms with van der Waals surface area (Å²) >= 11 is 0. The zero-order valence-electron chi connectivity index (χ0n) is 9.43.